The van der Waals surface area contributed by atoms with Gasteiger partial charge in [-0.05, 0) is 50.9 Å². The van der Waals surface area contributed by atoms with Crippen LogP contribution in [-0.4, -0.2) is 29.8 Å². The number of hydrogen-bond donors (Lipinski definition) is 1. The average molecular weight is 286 g/mol. The van der Waals surface area contributed by atoms with Gasteiger partial charge in [-0.15, -0.1) is 0 Å². The average Bonchev–Trinajstić information content (AvgIpc) is 2.44. The summed E-state index contributed by atoms with van der Waals surface area (Å²) in [4.78, 5) is 2.79. The van der Waals surface area contributed by atoms with Gasteiger partial charge in [-0.2, -0.15) is 12.6 Å². The fourth-order valence-corrected chi connectivity index (χ4v) is 3.55. The van der Waals surface area contributed by atoms with Crippen LogP contribution in [-0.2, 0) is 0 Å². The molecule has 0 radical (unpaired) electrons. The molecule has 0 spiro atoms. The SMILES string of the molecule is CCCC1CCCCN1CCCCCCCCCS. The molecule has 19 heavy (non-hydrogen) atoms. The normalized spacial score (nSPS) is 20.8. The van der Waals surface area contributed by atoms with Gasteiger partial charge in [-0.1, -0.05) is 51.9 Å². The van der Waals surface area contributed by atoms with Crippen LogP contribution in [0.15, 0.2) is 0 Å². The van der Waals surface area contributed by atoms with Crippen LogP contribution in [0.25, 0.3) is 0 Å². The van der Waals surface area contributed by atoms with Crippen molar-refractivity contribution in [1.82, 2.24) is 4.90 Å². The van der Waals surface area contributed by atoms with E-state index in [2.05, 4.69) is 24.5 Å². The van der Waals surface area contributed by atoms with Crippen LogP contribution in [0.3, 0.4) is 0 Å². The van der Waals surface area contributed by atoms with Crippen molar-refractivity contribution >= 4 is 12.6 Å². The molecule has 1 nitrogen and oxygen atoms in total. The second kappa shape index (κ2) is 12.1. The molecule has 0 aliphatic carbocycles. The van der Waals surface area contributed by atoms with Gasteiger partial charge >= 0.3 is 0 Å². The van der Waals surface area contributed by atoms with Gasteiger partial charge < -0.3 is 4.90 Å². The Morgan fingerprint density at radius 3 is 2.32 bits per heavy atom. The van der Waals surface area contributed by atoms with Gasteiger partial charge in [0.1, 0.15) is 0 Å². The second-order valence-electron chi connectivity index (χ2n) is 6.17. The van der Waals surface area contributed by atoms with Crippen LogP contribution in [0.1, 0.15) is 84.0 Å². The zero-order valence-corrected chi connectivity index (χ0v) is 14.0. The highest BCUT2D eigenvalue weighted by Crippen LogP contribution is 2.21. The highest BCUT2D eigenvalue weighted by molar-refractivity contribution is 7.80. The molecule has 0 N–H and O–H groups in total. The first-order chi connectivity index (χ1) is 9.38. The minimum Gasteiger partial charge on any atom is -0.300 e. The Morgan fingerprint density at radius 1 is 0.947 bits per heavy atom. The van der Waals surface area contributed by atoms with Crippen molar-refractivity contribution in [2.45, 2.75) is 90.0 Å². The fourth-order valence-electron chi connectivity index (χ4n) is 3.33. The van der Waals surface area contributed by atoms with E-state index in [1.54, 1.807) is 0 Å². The molecule has 114 valence electrons. The zero-order chi connectivity index (χ0) is 13.8. The minimum absolute atomic E-state index is 0.911. The smallest absolute Gasteiger partial charge is 0.00951 e. The summed E-state index contributed by atoms with van der Waals surface area (Å²) in [5, 5.41) is 0. The molecule has 1 heterocycles. The van der Waals surface area contributed by atoms with E-state index in [4.69, 9.17) is 0 Å². The van der Waals surface area contributed by atoms with E-state index >= 15 is 0 Å². The molecular weight excluding hydrogens is 250 g/mol. The lowest BCUT2D eigenvalue weighted by Crippen LogP contribution is -2.39. The molecule has 1 aliphatic rings. The Hall–Kier alpha value is 0.310. The third-order valence-electron chi connectivity index (χ3n) is 4.47. The van der Waals surface area contributed by atoms with Crippen molar-refractivity contribution in [2.24, 2.45) is 0 Å². The topological polar surface area (TPSA) is 3.24 Å². The number of thiol groups is 1. The standard InChI is InChI=1S/C17H35NS/c1-2-12-17-13-8-10-15-18(17)14-9-6-4-3-5-7-11-16-19/h17,19H,2-16H2,1H3. The molecule has 1 rings (SSSR count). The summed E-state index contributed by atoms with van der Waals surface area (Å²) >= 11 is 4.26. The van der Waals surface area contributed by atoms with E-state index in [1.807, 2.05) is 0 Å². The van der Waals surface area contributed by atoms with Crippen molar-refractivity contribution < 1.29 is 0 Å². The maximum atomic E-state index is 4.26. The van der Waals surface area contributed by atoms with Gasteiger partial charge in [-0.25, -0.2) is 0 Å². The van der Waals surface area contributed by atoms with Crippen molar-refractivity contribution in [3.05, 3.63) is 0 Å². The van der Waals surface area contributed by atoms with E-state index < -0.39 is 0 Å². The summed E-state index contributed by atoms with van der Waals surface area (Å²) in [7, 11) is 0. The number of rotatable bonds is 11. The summed E-state index contributed by atoms with van der Waals surface area (Å²) in [6.45, 7) is 5.06. The van der Waals surface area contributed by atoms with Crippen molar-refractivity contribution in [3.63, 3.8) is 0 Å². The van der Waals surface area contributed by atoms with E-state index in [1.165, 1.54) is 90.1 Å². The first-order valence-electron chi connectivity index (χ1n) is 8.73. The minimum atomic E-state index is 0.911. The molecule has 0 amide bonds. The number of piperidine rings is 1. The van der Waals surface area contributed by atoms with Crippen LogP contribution in [0.5, 0.6) is 0 Å². The van der Waals surface area contributed by atoms with Crippen LogP contribution in [0.4, 0.5) is 0 Å². The predicted octanol–water partition coefficient (Wildman–Crippen LogP) is 5.30. The quantitative estimate of drug-likeness (QED) is 0.398. The third kappa shape index (κ3) is 8.24. The predicted molar refractivity (Wildman–Crippen MR) is 90.3 cm³/mol. The Kier molecular flexibility index (Phi) is 11.0. The van der Waals surface area contributed by atoms with Crippen molar-refractivity contribution in [2.75, 3.05) is 18.8 Å². The van der Waals surface area contributed by atoms with E-state index in [-0.39, 0.29) is 0 Å². The maximum Gasteiger partial charge on any atom is 0.00951 e. The zero-order valence-electron chi connectivity index (χ0n) is 13.1. The number of unbranched alkanes of at least 4 members (excludes halogenated alkanes) is 6. The Bertz CT molecular complexity index is 194. The van der Waals surface area contributed by atoms with Crippen LogP contribution in [0, 0.1) is 0 Å². The second-order valence-corrected chi connectivity index (χ2v) is 6.62. The van der Waals surface area contributed by atoms with Gasteiger partial charge in [0.25, 0.3) is 0 Å². The summed E-state index contributed by atoms with van der Waals surface area (Å²) in [5.41, 5.74) is 0. The van der Waals surface area contributed by atoms with E-state index in [9.17, 15) is 0 Å². The van der Waals surface area contributed by atoms with Crippen molar-refractivity contribution in [1.29, 1.82) is 0 Å². The molecular formula is C17H35NS. The van der Waals surface area contributed by atoms with E-state index in [0.717, 1.165) is 11.8 Å². The Labute approximate surface area is 126 Å². The molecule has 1 unspecified atom stereocenters. The highest BCUT2D eigenvalue weighted by Gasteiger charge is 2.20. The van der Waals surface area contributed by atoms with Gasteiger partial charge in [0, 0.05) is 6.04 Å². The lowest BCUT2D eigenvalue weighted by atomic mass is 9.97. The number of likely N-dealkylation sites (tertiary alicyclic amines) is 1. The molecule has 0 saturated carbocycles. The summed E-state index contributed by atoms with van der Waals surface area (Å²) < 4.78 is 0. The van der Waals surface area contributed by atoms with Gasteiger partial charge in [-0.3, -0.25) is 0 Å². The molecule has 1 fully saturated rings. The van der Waals surface area contributed by atoms with Crippen LogP contribution >= 0.6 is 12.6 Å². The molecule has 1 atom stereocenters. The Morgan fingerprint density at radius 2 is 1.63 bits per heavy atom. The van der Waals surface area contributed by atoms with Crippen LogP contribution < -0.4 is 0 Å². The lowest BCUT2D eigenvalue weighted by Gasteiger charge is -2.35. The van der Waals surface area contributed by atoms with Gasteiger partial charge in [0.15, 0.2) is 0 Å². The molecule has 2 heteroatoms. The molecule has 1 aliphatic heterocycles. The molecule has 0 bridgehead atoms. The van der Waals surface area contributed by atoms with Crippen molar-refractivity contribution in [3.8, 4) is 0 Å². The first kappa shape index (κ1) is 17.4. The van der Waals surface area contributed by atoms with Gasteiger partial charge in [0.05, 0.1) is 0 Å². The first-order valence-corrected chi connectivity index (χ1v) is 9.36. The summed E-state index contributed by atoms with van der Waals surface area (Å²) in [6.07, 6.45) is 17.0. The molecule has 1 saturated heterocycles. The van der Waals surface area contributed by atoms with Crippen LogP contribution in [0.2, 0.25) is 0 Å². The third-order valence-corrected chi connectivity index (χ3v) is 4.79. The number of nitrogens with zero attached hydrogens (tertiary/aromatic N) is 1. The number of hydrogen-bond acceptors (Lipinski definition) is 2. The Balaban J connectivity index is 1.97. The monoisotopic (exact) mass is 285 g/mol. The lowest BCUT2D eigenvalue weighted by molar-refractivity contribution is 0.136. The van der Waals surface area contributed by atoms with Gasteiger partial charge in [0.2, 0.25) is 0 Å². The summed E-state index contributed by atoms with van der Waals surface area (Å²) in [5.74, 6) is 1.06. The molecule has 0 aromatic heterocycles. The molecule has 0 aromatic carbocycles. The molecule has 0 aromatic rings. The largest absolute Gasteiger partial charge is 0.300 e. The fraction of sp³-hybridized carbons (Fsp3) is 1.00. The maximum absolute atomic E-state index is 4.26. The van der Waals surface area contributed by atoms with E-state index in [0.29, 0.717) is 0 Å². The highest BCUT2D eigenvalue weighted by atomic mass is 32.1. The summed E-state index contributed by atoms with van der Waals surface area (Å²) in [6, 6.07) is 0.911.